The van der Waals surface area contributed by atoms with Crippen molar-refractivity contribution in [2.45, 2.75) is 40.5 Å². The van der Waals surface area contributed by atoms with Crippen molar-refractivity contribution in [3.8, 4) is 0 Å². The first-order chi connectivity index (χ1) is 16.6. The molecule has 0 saturated heterocycles. The lowest BCUT2D eigenvalue weighted by atomic mass is 9.90. The molecule has 0 aliphatic heterocycles. The highest BCUT2D eigenvalue weighted by Gasteiger charge is 2.23. The molecule has 2 unspecified atom stereocenters. The zero-order chi connectivity index (χ0) is 26.1. The summed E-state index contributed by atoms with van der Waals surface area (Å²) >= 11 is 18.9. The van der Waals surface area contributed by atoms with Gasteiger partial charge in [-0.1, -0.05) is 79.5 Å². The molecule has 2 aromatic carbocycles. The summed E-state index contributed by atoms with van der Waals surface area (Å²) in [5.74, 6) is -0.809. The molecular formula is C28H32Cl3FN2O. The number of hydrogen-bond acceptors (Lipinski definition) is 2. The van der Waals surface area contributed by atoms with Gasteiger partial charge in [-0.15, -0.1) is 0 Å². The van der Waals surface area contributed by atoms with Crippen LogP contribution in [0.5, 0.6) is 0 Å². The maximum atomic E-state index is 13.4. The molecule has 0 aliphatic rings. The van der Waals surface area contributed by atoms with Crippen LogP contribution in [0.25, 0.3) is 0 Å². The SMILES string of the molecule is C=C/C(Cl)=C(\C(Cl)=C/C)N(CCCC(C)C(C)C(=O)Nc1ccc(F)c(Cl)c1)c1ccccc1C. The number of carbonyl (C=O) groups is 1. The van der Waals surface area contributed by atoms with Crippen LogP contribution in [-0.2, 0) is 4.79 Å². The van der Waals surface area contributed by atoms with Gasteiger partial charge in [0.15, 0.2) is 0 Å². The number of rotatable bonds is 11. The highest BCUT2D eigenvalue weighted by atomic mass is 35.5. The van der Waals surface area contributed by atoms with Crippen molar-refractivity contribution in [3.63, 3.8) is 0 Å². The number of nitrogens with zero attached hydrogens (tertiary/aromatic N) is 1. The average molecular weight is 538 g/mol. The van der Waals surface area contributed by atoms with Crippen molar-refractivity contribution in [1.29, 1.82) is 0 Å². The Balaban J connectivity index is 2.14. The molecule has 35 heavy (non-hydrogen) atoms. The third-order valence-electron chi connectivity index (χ3n) is 6.06. The summed E-state index contributed by atoms with van der Waals surface area (Å²) in [6, 6.07) is 12.2. The molecule has 1 N–H and O–H groups in total. The summed E-state index contributed by atoms with van der Waals surface area (Å²) in [5.41, 5.74) is 3.28. The van der Waals surface area contributed by atoms with E-state index in [4.69, 9.17) is 34.8 Å². The Bertz CT molecular complexity index is 1110. The summed E-state index contributed by atoms with van der Waals surface area (Å²) in [4.78, 5) is 14.9. The summed E-state index contributed by atoms with van der Waals surface area (Å²) < 4.78 is 13.4. The van der Waals surface area contributed by atoms with E-state index in [1.165, 1.54) is 18.2 Å². The van der Waals surface area contributed by atoms with E-state index in [0.717, 1.165) is 24.1 Å². The van der Waals surface area contributed by atoms with Crippen LogP contribution >= 0.6 is 34.8 Å². The summed E-state index contributed by atoms with van der Waals surface area (Å²) in [6.45, 7) is 12.3. The van der Waals surface area contributed by atoms with Crippen LogP contribution in [0.1, 0.15) is 39.2 Å². The van der Waals surface area contributed by atoms with Crippen molar-refractivity contribution in [3.05, 3.63) is 93.4 Å². The fourth-order valence-corrected chi connectivity index (χ4v) is 4.37. The van der Waals surface area contributed by atoms with Gasteiger partial charge in [0.25, 0.3) is 0 Å². The number of aryl methyl sites for hydroxylation is 1. The number of halogens is 4. The zero-order valence-corrected chi connectivity index (χ0v) is 22.8. The molecule has 7 heteroatoms. The van der Waals surface area contributed by atoms with Crippen LogP contribution in [0.2, 0.25) is 5.02 Å². The number of allylic oxidation sites excluding steroid dienone is 4. The Hall–Kier alpha value is -2.27. The van der Waals surface area contributed by atoms with E-state index < -0.39 is 5.82 Å². The van der Waals surface area contributed by atoms with Crippen LogP contribution in [0.4, 0.5) is 15.8 Å². The van der Waals surface area contributed by atoms with Crippen LogP contribution in [0.15, 0.2) is 77.0 Å². The van der Waals surface area contributed by atoms with Crippen LogP contribution in [0, 0.1) is 24.6 Å². The van der Waals surface area contributed by atoms with Gasteiger partial charge in [-0.05, 0) is 68.5 Å². The zero-order valence-electron chi connectivity index (χ0n) is 20.5. The summed E-state index contributed by atoms with van der Waals surface area (Å²) in [7, 11) is 0. The number of amides is 1. The third-order valence-corrected chi connectivity index (χ3v) is 7.08. The number of carbonyl (C=O) groups excluding carboxylic acids is 1. The van der Waals surface area contributed by atoms with Gasteiger partial charge in [0.1, 0.15) is 5.82 Å². The minimum atomic E-state index is -0.521. The molecule has 3 nitrogen and oxygen atoms in total. The Kier molecular flexibility index (Phi) is 11.4. The molecule has 0 heterocycles. The van der Waals surface area contributed by atoms with Crippen molar-refractivity contribution < 1.29 is 9.18 Å². The Labute approximate surface area is 223 Å². The predicted molar refractivity (Wildman–Crippen MR) is 149 cm³/mol. The quantitative estimate of drug-likeness (QED) is 0.290. The van der Waals surface area contributed by atoms with Gasteiger partial charge in [-0.25, -0.2) is 4.39 Å². The van der Waals surface area contributed by atoms with Crippen molar-refractivity contribution >= 4 is 52.1 Å². The van der Waals surface area contributed by atoms with Gasteiger partial charge in [0, 0.05) is 23.8 Å². The lowest BCUT2D eigenvalue weighted by Crippen LogP contribution is -2.28. The molecule has 1 amide bonds. The first-order valence-electron chi connectivity index (χ1n) is 11.5. The van der Waals surface area contributed by atoms with Gasteiger partial charge in [0.05, 0.1) is 20.8 Å². The average Bonchev–Trinajstić information content (AvgIpc) is 2.84. The normalized spacial score (nSPS) is 14.1. The molecule has 188 valence electrons. The molecule has 0 radical (unpaired) electrons. The van der Waals surface area contributed by atoms with E-state index >= 15 is 0 Å². The second-order valence-corrected chi connectivity index (χ2v) is 9.72. The first-order valence-corrected chi connectivity index (χ1v) is 12.7. The van der Waals surface area contributed by atoms with Gasteiger partial charge < -0.3 is 10.2 Å². The minimum absolute atomic E-state index is 0.0263. The molecule has 2 aromatic rings. The topological polar surface area (TPSA) is 32.3 Å². The van der Waals surface area contributed by atoms with Crippen LogP contribution < -0.4 is 10.2 Å². The molecule has 0 spiro atoms. The van der Waals surface area contributed by atoms with E-state index in [9.17, 15) is 9.18 Å². The molecule has 0 fully saturated rings. The van der Waals surface area contributed by atoms with Gasteiger partial charge >= 0.3 is 0 Å². The molecule has 0 bridgehead atoms. The van der Waals surface area contributed by atoms with Gasteiger partial charge in [-0.2, -0.15) is 0 Å². The number of benzene rings is 2. The number of para-hydroxylation sites is 1. The fraction of sp³-hybridized carbons (Fsp3) is 0.321. The van der Waals surface area contributed by atoms with Crippen molar-refractivity contribution in [2.24, 2.45) is 11.8 Å². The second-order valence-electron chi connectivity index (χ2n) is 8.50. The standard InChI is InChI=1S/C28H32Cl3FN2O/c1-6-22(29)27(23(30)7-2)34(26-13-9-8-11-19(26)4)16-10-12-18(3)20(5)28(35)33-21-14-15-25(32)24(31)17-21/h6-9,11,13-15,17-18,20H,1,10,12,16H2,2-5H3,(H,33,35)/b23-7+,27-22-. The maximum absolute atomic E-state index is 13.4. The van der Waals surface area contributed by atoms with Gasteiger partial charge in [0.2, 0.25) is 5.91 Å². The summed E-state index contributed by atoms with van der Waals surface area (Å²) in [5, 5.41) is 3.81. The molecule has 0 aliphatic carbocycles. The third kappa shape index (κ3) is 7.86. The number of nitrogens with one attached hydrogen (secondary N) is 1. The van der Waals surface area contributed by atoms with Gasteiger partial charge in [-0.3, -0.25) is 4.79 Å². The van der Waals surface area contributed by atoms with E-state index in [0.29, 0.717) is 28.0 Å². The smallest absolute Gasteiger partial charge is 0.227 e. The van der Waals surface area contributed by atoms with E-state index in [-0.39, 0.29) is 22.8 Å². The predicted octanol–water partition coefficient (Wildman–Crippen LogP) is 9.06. The molecule has 2 atom stereocenters. The minimum Gasteiger partial charge on any atom is -0.339 e. The molecule has 0 saturated carbocycles. The second kappa shape index (κ2) is 13.7. The maximum Gasteiger partial charge on any atom is 0.227 e. The van der Waals surface area contributed by atoms with E-state index in [2.05, 4.69) is 16.8 Å². The molecular weight excluding hydrogens is 506 g/mol. The van der Waals surface area contributed by atoms with Crippen molar-refractivity contribution in [1.82, 2.24) is 0 Å². The lowest BCUT2D eigenvalue weighted by Gasteiger charge is -2.30. The fourth-order valence-electron chi connectivity index (χ4n) is 3.73. The lowest BCUT2D eigenvalue weighted by molar-refractivity contribution is -0.120. The van der Waals surface area contributed by atoms with E-state index in [1.54, 1.807) is 6.08 Å². The molecule has 0 aromatic heterocycles. The molecule has 2 rings (SSSR count). The summed E-state index contributed by atoms with van der Waals surface area (Å²) in [6.07, 6.45) is 5.00. The first kappa shape index (κ1) is 29.0. The van der Waals surface area contributed by atoms with Crippen LogP contribution in [0.3, 0.4) is 0 Å². The number of anilines is 2. The highest BCUT2D eigenvalue weighted by molar-refractivity contribution is 6.36. The number of hydrogen-bond donors (Lipinski definition) is 1. The van der Waals surface area contributed by atoms with E-state index in [1.807, 2.05) is 58.0 Å². The largest absolute Gasteiger partial charge is 0.339 e. The highest BCUT2D eigenvalue weighted by Crippen LogP contribution is 2.33. The Morgan fingerprint density at radius 1 is 1.20 bits per heavy atom. The van der Waals surface area contributed by atoms with Crippen LogP contribution in [-0.4, -0.2) is 12.5 Å². The Morgan fingerprint density at radius 3 is 2.49 bits per heavy atom. The van der Waals surface area contributed by atoms with Crippen molar-refractivity contribution in [2.75, 3.05) is 16.8 Å². The Morgan fingerprint density at radius 2 is 1.89 bits per heavy atom. The monoisotopic (exact) mass is 536 g/mol.